The third-order valence-corrected chi connectivity index (χ3v) is 4.30. The van der Waals surface area contributed by atoms with Crippen molar-refractivity contribution < 1.29 is 0 Å². The minimum Gasteiger partial charge on any atom is -0.399 e. The van der Waals surface area contributed by atoms with Crippen LogP contribution in [0.2, 0.25) is 0 Å². The minimum atomic E-state index is 0.341. The number of nitrogens with two attached hydrogens (primary N) is 1. The van der Waals surface area contributed by atoms with Crippen LogP contribution in [0.15, 0.2) is 36.4 Å². The molecule has 21 heavy (non-hydrogen) atoms. The van der Waals surface area contributed by atoms with Gasteiger partial charge in [-0.1, -0.05) is 29.8 Å². The predicted molar refractivity (Wildman–Crippen MR) is 91.4 cm³/mol. The highest BCUT2D eigenvalue weighted by atomic mass is 15.1. The first-order chi connectivity index (χ1) is 9.88. The zero-order valence-corrected chi connectivity index (χ0v) is 13.8. The summed E-state index contributed by atoms with van der Waals surface area (Å²) >= 11 is 0. The molecule has 0 aliphatic heterocycles. The van der Waals surface area contributed by atoms with E-state index < -0.39 is 0 Å². The van der Waals surface area contributed by atoms with Crippen molar-refractivity contribution in [3.63, 3.8) is 0 Å². The average molecular weight is 282 g/mol. The van der Waals surface area contributed by atoms with Gasteiger partial charge in [-0.25, -0.2) is 0 Å². The number of nitrogen functional groups attached to an aromatic ring is 1. The van der Waals surface area contributed by atoms with Crippen molar-refractivity contribution >= 4 is 5.69 Å². The van der Waals surface area contributed by atoms with Crippen LogP contribution in [0.5, 0.6) is 0 Å². The molecular weight excluding hydrogens is 256 g/mol. The highest BCUT2D eigenvalue weighted by Gasteiger charge is 2.14. The quantitative estimate of drug-likeness (QED) is 0.843. The van der Waals surface area contributed by atoms with E-state index in [-0.39, 0.29) is 0 Å². The van der Waals surface area contributed by atoms with Crippen molar-refractivity contribution in [1.29, 1.82) is 0 Å². The summed E-state index contributed by atoms with van der Waals surface area (Å²) in [5, 5.41) is 0. The average Bonchev–Trinajstić information content (AvgIpc) is 2.41. The van der Waals surface area contributed by atoms with Crippen LogP contribution in [0.25, 0.3) is 0 Å². The topological polar surface area (TPSA) is 29.3 Å². The summed E-state index contributed by atoms with van der Waals surface area (Å²) in [6.45, 7) is 9.74. The Morgan fingerprint density at radius 2 is 1.67 bits per heavy atom. The summed E-state index contributed by atoms with van der Waals surface area (Å²) in [4.78, 5) is 2.37. The molecule has 0 amide bonds. The molecule has 0 saturated heterocycles. The second-order valence-corrected chi connectivity index (χ2v) is 6.14. The van der Waals surface area contributed by atoms with Gasteiger partial charge >= 0.3 is 0 Å². The van der Waals surface area contributed by atoms with E-state index in [0.29, 0.717) is 6.04 Å². The molecule has 2 heteroatoms. The Hall–Kier alpha value is -1.80. The number of rotatable bonds is 4. The summed E-state index contributed by atoms with van der Waals surface area (Å²) in [7, 11) is 2.17. The van der Waals surface area contributed by atoms with Crippen molar-refractivity contribution in [2.75, 3.05) is 12.8 Å². The van der Waals surface area contributed by atoms with Crippen LogP contribution >= 0.6 is 0 Å². The van der Waals surface area contributed by atoms with Gasteiger partial charge in [0.25, 0.3) is 0 Å². The first-order valence-electron chi connectivity index (χ1n) is 7.51. The van der Waals surface area contributed by atoms with Gasteiger partial charge in [-0.15, -0.1) is 0 Å². The van der Waals surface area contributed by atoms with Crippen LogP contribution in [-0.4, -0.2) is 11.9 Å². The fraction of sp³-hybridized carbons (Fsp3) is 0.368. The van der Waals surface area contributed by atoms with E-state index in [1.54, 1.807) is 0 Å². The molecule has 112 valence electrons. The smallest absolute Gasteiger partial charge is 0.0321 e. The van der Waals surface area contributed by atoms with Crippen LogP contribution in [0.4, 0.5) is 5.69 Å². The summed E-state index contributed by atoms with van der Waals surface area (Å²) in [5.74, 6) is 0. The molecule has 0 aliphatic carbocycles. The monoisotopic (exact) mass is 282 g/mol. The summed E-state index contributed by atoms with van der Waals surface area (Å²) < 4.78 is 0. The van der Waals surface area contributed by atoms with Crippen molar-refractivity contribution in [2.45, 2.75) is 40.3 Å². The third-order valence-electron chi connectivity index (χ3n) is 4.30. The summed E-state index contributed by atoms with van der Waals surface area (Å²) in [6.07, 6.45) is 0. The van der Waals surface area contributed by atoms with Crippen molar-refractivity contribution in [3.05, 3.63) is 64.2 Å². The lowest BCUT2D eigenvalue weighted by atomic mass is 9.98. The van der Waals surface area contributed by atoms with E-state index >= 15 is 0 Å². The first-order valence-corrected chi connectivity index (χ1v) is 7.51. The fourth-order valence-electron chi connectivity index (χ4n) is 2.92. The maximum absolute atomic E-state index is 5.90. The number of benzene rings is 2. The van der Waals surface area contributed by atoms with Crippen molar-refractivity contribution in [3.8, 4) is 0 Å². The Morgan fingerprint density at radius 1 is 1.05 bits per heavy atom. The minimum absolute atomic E-state index is 0.341. The Kier molecular flexibility index (Phi) is 4.69. The molecular formula is C19H26N2. The predicted octanol–water partition coefficient (Wildman–Crippen LogP) is 4.39. The molecule has 0 saturated carbocycles. The van der Waals surface area contributed by atoms with Gasteiger partial charge in [-0.2, -0.15) is 0 Å². The number of anilines is 1. The lowest BCUT2D eigenvalue weighted by molar-refractivity contribution is 0.252. The molecule has 2 aromatic rings. The van der Waals surface area contributed by atoms with Gasteiger partial charge in [0.05, 0.1) is 0 Å². The molecule has 0 bridgehead atoms. The van der Waals surface area contributed by atoms with Crippen LogP contribution in [0.3, 0.4) is 0 Å². The Balaban J connectivity index is 2.20. The van der Waals surface area contributed by atoms with Crippen LogP contribution in [-0.2, 0) is 6.54 Å². The highest BCUT2D eigenvalue weighted by molar-refractivity contribution is 5.42. The van der Waals surface area contributed by atoms with E-state index in [4.69, 9.17) is 5.73 Å². The maximum atomic E-state index is 5.90. The second kappa shape index (κ2) is 6.31. The summed E-state index contributed by atoms with van der Waals surface area (Å²) in [6, 6.07) is 13.0. The Morgan fingerprint density at radius 3 is 2.24 bits per heavy atom. The van der Waals surface area contributed by atoms with E-state index in [2.05, 4.69) is 63.9 Å². The molecule has 0 radical (unpaired) electrons. The van der Waals surface area contributed by atoms with Gasteiger partial charge < -0.3 is 5.73 Å². The molecule has 0 fully saturated rings. The Labute approximate surface area is 128 Å². The first kappa shape index (κ1) is 15.6. The van der Waals surface area contributed by atoms with Gasteiger partial charge in [0, 0.05) is 18.3 Å². The van der Waals surface area contributed by atoms with E-state index in [0.717, 1.165) is 12.2 Å². The van der Waals surface area contributed by atoms with Crippen LogP contribution < -0.4 is 5.73 Å². The SMILES string of the molecule is Cc1cc(C)c(CN(C)C(C)c2cccc(N)c2)c(C)c1. The van der Waals surface area contributed by atoms with Crippen LogP contribution in [0, 0.1) is 20.8 Å². The molecule has 2 N–H and O–H groups in total. The zero-order valence-electron chi connectivity index (χ0n) is 13.8. The molecule has 2 aromatic carbocycles. The van der Waals surface area contributed by atoms with Gasteiger partial charge in [-0.3, -0.25) is 4.90 Å². The van der Waals surface area contributed by atoms with E-state index in [1.807, 2.05) is 12.1 Å². The number of aryl methyl sites for hydroxylation is 3. The third kappa shape index (κ3) is 3.64. The van der Waals surface area contributed by atoms with Gasteiger partial charge in [0.2, 0.25) is 0 Å². The van der Waals surface area contributed by atoms with Gasteiger partial charge in [0.15, 0.2) is 0 Å². The molecule has 1 atom stereocenters. The lowest BCUT2D eigenvalue weighted by Gasteiger charge is -2.27. The second-order valence-electron chi connectivity index (χ2n) is 6.14. The molecule has 0 aliphatic rings. The van der Waals surface area contributed by atoms with Crippen molar-refractivity contribution in [2.24, 2.45) is 0 Å². The molecule has 0 spiro atoms. The Bertz CT molecular complexity index is 608. The van der Waals surface area contributed by atoms with Gasteiger partial charge in [0.1, 0.15) is 0 Å². The van der Waals surface area contributed by atoms with E-state index in [1.165, 1.54) is 27.8 Å². The molecule has 2 rings (SSSR count). The number of hydrogen-bond donors (Lipinski definition) is 1. The normalized spacial score (nSPS) is 12.7. The highest BCUT2D eigenvalue weighted by Crippen LogP contribution is 2.25. The number of nitrogens with zero attached hydrogens (tertiary/aromatic N) is 1. The number of hydrogen-bond acceptors (Lipinski definition) is 2. The molecule has 0 heterocycles. The van der Waals surface area contributed by atoms with Crippen LogP contribution in [0.1, 0.15) is 40.8 Å². The molecule has 2 nitrogen and oxygen atoms in total. The maximum Gasteiger partial charge on any atom is 0.0321 e. The largest absolute Gasteiger partial charge is 0.399 e. The van der Waals surface area contributed by atoms with Crippen molar-refractivity contribution in [1.82, 2.24) is 4.90 Å². The standard InChI is InChI=1S/C19H26N2/c1-13-9-14(2)19(15(3)10-13)12-21(5)16(4)17-7-6-8-18(20)11-17/h6-11,16H,12,20H2,1-5H3. The fourth-order valence-corrected chi connectivity index (χ4v) is 2.92. The molecule has 0 aromatic heterocycles. The lowest BCUT2D eigenvalue weighted by Crippen LogP contribution is -2.23. The summed E-state index contributed by atoms with van der Waals surface area (Å²) in [5.41, 5.74) is 13.5. The zero-order chi connectivity index (χ0) is 15.6. The molecule has 1 unspecified atom stereocenters. The van der Waals surface area contributed by atoms with E-state index in [9.17, 15) is 0 Å². The van der Waals surface area contributed by atoms with Gasteiger partial charge in [-0.05, 0) is 69.1 Å².